The molecule has 19 heavy (non-hydrogen) atoms. The Labute approximate surface area is 111 Å². The Bertz CT molecular complexity index is 561. The van der Waals surface area contributed by atoms with Gasteiger partial charge in [0.05, 0.1) is 13.2 Å². The smallest absolute Gasteiger partial charge is 0.163 e. The predicted octanol–water partition coefficient (Wildman–Crippen LogP) is 1.81. The van der Waals surface area contributed by atoms with E-state index in [4.69, 9.17) is 9.47 Å². The van der Waals surface area contributed by atoms with Crippen LogP contribution >= 0.6 is 0 Å². The predicted molar refractivity (Wildman–Crippen MR) is 70.2 cm³/mol. The first kappa shape index (κ1) is 12.2. The van der Waals surface area contributed by atoms with Gasteiger partial charge in [-0.1, -0.05) is 6.92 Å². The number of carbonyl (C=O) groups is 1. The third-order valence-corrected chi connectivity index (χ3v) is 3.81. The van der Waals surface area contributed by atoms with Crippen molar-refractivity contribution in [1.82, 2.24) is 0 Å². The van der Waals surface area contributed by atoms with Crippen molar-refractivity contribution in [1.29, 1.82) is 0 Å². The molecule has 0 saturated heterocycles. The molecule has 2 aliphatic rings. The number of benzene rings is 1. The molecule has 0 spiro atoms. The van der Waals surface area contributed by atoms with E-state index in [0.29, 0.717) is 17.7 Å². The Hall–Kier alpha value is -1.81. The first-order valence-electron chi connectivity index (χ1n) is 6.37. The first-order valence-corrected chi connectivity index (χ1v) is 6.37. The minimum absolute atomic E-state index is 0.0521. The lowest BCUT2D eigenvalue weighted by Gasteiger charge is -2.36. The van der Waals surface area contributed by atoms with Gasteiger partial charge in [0.15, 0.2) is 11.9 Å². The fourth-order valence-electron chi connectivity index (χ4n) is 2.65. The van der Waals surface area contributed by atoms with Crippen LogP contribution in [0.5, 0.6) is 11.5 Å². The van der Waals surface area contributed by atoms with Crippen molar-refractivity contribution in [2.45, 2.75) is 25.6 Å². The summed E-state index contributed by atoms with van der Waals surface area (Å²) in [6.45, 7) is 1.87. The number of rotatable bonds is 1. The van der Waals surface area contributed by atoms with Crippen molar-refractivity contribution in [2.24, 2.45) is 5.92 Å². The summed E-state index contributed by atoms with van der Waals surface area (Å²) in [6.07, 6.45) is 0.992. The monoisotopic (exact) mass is 260 g/mol. The lowest BCUT2D eigenvalue weighted by molar-refractivity contribution is -0.122. The molecule has 1 saturated carbocycles. The zero-order chi connectivity index (χ0) is 13.6. The lowest BCUT2D eigenvalue weighted by atomic mass is 9.79. The molecule has 1 N–H and O–H groups in total. The zero-order valence-corrected chi connectivity index (χ0v) is 10.9. The summed E-state index contributed by atoms with van der Waals surface area (Å²) in [5.74, 6) is 1.37. The number of methoxy groups -OCH3 is 1. The van der Waals surface area contributed by atoms with Gasteiger partial charge < -0.3 is 14.6 Å². The van der Waals surface area contributed by atoms with Crippen LogP contribution in [0.3, 0.4) is 0 Å². The molecule has 0 radical (unpaired) electrons. The molecule has 100 valence electrons. The highest BCUT2D eigenvalue weighted by molar-refractivity contribution is 6.02. The Morgan fingerprint density at radius 2 is 2.21 bits per heavy atom. The van der Waals surface area contributed by atoms with Crippen molar-refractivity contribution in [2.75, 3.05) is 7.11 Å². The second kappa shape index (κ2) is 4.38. The number of aliphatic hydroxyl groups excluding tert-OH is 1. The Morgan fingerprint density at radius 1 is 1.42 bits per heavy atom. The maximum absolute atomic E-state index is 12.1. The summed E-state index contributed by atoms with van der Waals surface area (Å²) in [4.78, 5) is 12.1. The van der Waals surface area contributed by atoms with E-state index >= 15 is 0 Å². The van der Waals surface area contributed by atoms with Crippen LogP contribution in [0.2, 0.25) is 0 Å². The molecule has 1 aliphatic carbocycles. The topological polar surface area (TPSA) is 55.8 Å². The van der Waals surface area contributed by atoms with Gasteiger partial charge in [-0.15, -0.1) is 0 Å². The van der Waals surface area contributed by atoms with Crippen LogP contribution in [-0.4, -0.2) is 30.2 Å². The van der Waals surface area contributed by atoms with E-state index in [1.54, 1.807) is 19.2 Å². The van der Waals surface area contributed by atoms with Crippen LogP contribution < -0.4 is 9.47 Å². The fourth-order valence-corrected chi connectivity index (χ4v) is 2.65. The van der Waals surface area contributed by atoms with Crippen molar-refractivity contribution < 1.29 is 19.4 Å². The molecule has 0 unspecified atom stereocenters. The molecule has 4 nitrogen and oxygen atoms in total. The average molecular weight is 260 g/mol. The normalized spacial score (nSPS) is 28.9. The molecule has 3 atom stereocenters. The third kappa shape index (κ3) is 1.92. The van der Waals surface area contributed by atoms with Gasteiger partial charge in [-0.2, -0.15) is 0 Å². The SMILES string of the molecule is COc1ccc2c(c1)C=C1C(=O)C[C@@H](C)[C@H](O)[C@H]1O2. The van der Waals surface area contributed by atoms with Gasteiger partial charge in [-0.3, -0.25) is 4.79 Å². The zero-order valence-electron chi connectivity index (χ0n) is 10.9. The number of fused-ring (bicyclic) bond motifs is 2. The average Bonchev–Trinajstić information content (AvgIpc) is 2.42. The van der Waals surface area contributed by atoms with Crippen molar-refractivity contribution in [3.8, 4) is 11.5 Å². The molecule has 4 heteroatoms. The van der Waals surface area contributed by atoms with Crippen LogP contribution in [0.25, 0.3) is 6.08 Å². The summed E-state index contributed by atoms with van der Waals surface area (Å²) in [5.41, 5.74) is 1.38. The number of Topliss-reactive ketones (excluding diaryl/α,β-unsaturated/α-hetero) is 1. The molecule has 0 amide bonds. The minimum atomic E-state index is -0.640. The number of carbonyl (C=O) groups excluding carboxylic acids is 1. The molecular formula is C15H16O4. The molecule has 0 aromatic heterocycles. The largest absolute Gasteiger partial charge is 0.497 e. The van der Waals surface area contributed by atoms with E-state index in [0.717, 1.165) is 11.3 Å². The summed E-state index contributed by atoms with van der Waals surface area (Å²) >= 11 is 0. The molecule has 1 fully saturated rings. The second-order valence-electron chi connectivity index (χ2n) is 5.14. The minimum Gasteiger partial charge on any atom is -0.497 e. The Morgan fingerprint density at radius 3 is 2.95 bits per heavy atom. The van der Waals surface area contributed by atoms with E-state index in [-0.39, 0.29) is 11.7 Å². The molecule has 1 aromatic carbocycles. The lowest BCUT2D eigenvalue weighted by Crippen LogP contribution is -2.46. The van der Waals surface area contributed by atoms with Gasteiger partial charge in [0, 0.05) is 17.6 Å². The highest BCUT2D eigenvalue weighted by Gasteiger charge is 2.41. The summed E-state index contributed by atoms with van der Waals surface area (Å²) in [6, 6.07) is 5.44. The highest BCUT2D eigenvalue weighted by Crippen LogP contribution is 2.38. The van der Waals surface area contributed by atoms with Crippen LogP contribution in [0.1, 0.15) is 18.9 Å². The third-order valence-electron chi connectivity index (χ3n) is 3.81. The van der Waals surface area contributed by atoms with E-state index in [2.05, 4.69) is 0 Å². The summed E-state index contributed by atoms with van der Waals surface area (Å²) in [7, 11) is 1.60. The number of ether oxygens (including phenoxy) is 2. The van der Waals surface area contributed by atoms with Crippen LogP contribution in [-0.2, 0) is 4.79 Å². The molecule has 1 aliphatic heterocycles. The van der Waals surface area contributed by atoms with Gasteiger partial charge in [0.2, 0.25) is 0 Å². The maximum Gasteiger partial charge on any atom is 0.163 e. The molecule has 1 heterocycles. The van der Waals surface area contributed by atoms with Gasteiger partial charge in [0.25, 0.3) is 0 Å². The van der Waals surface area contributed by atoms with Gasteiger partial charge >= 0.3 is 0 Å². The Balaban J connectivity index is 2.05. The van der Waals surface area contributed by atoms with Crippen LogP contribution in [0, 0.1) is 5.92 Å². The maximum atomic E-state index is 12.1. The standard InChI is InChI=1S/C15H16O4/c1-8-5-12(16)11-7-9-6-10(18-2)3-4-13(9)19-15(11)14(8)17/h3-4,6-8,14-15,17H,5H2,1-2H3/t8-,14+,15+/m1/s1. The van der Waals surface area contributed by atoms with Crippen molar-refractivity contribution >= 4 is 11.9 Å². The second-order valence-corrected chi connectivity index (χ2v) is 5.14. The van der Waals surface area contributed by atoms with Crippen LogP contribution in [0.15, 0.2) is 23.8 Å². The first-order chi connectivity index (χ1) is 9.10. The van der Waals surface area contributed by atoms with Crippen LogP contribution in [0.4, 0.5) is 0 Å². The van der Waals surface area contributed by atoms with E-state index in [1.165, 1.54) is 0 Å². The quantitative estimate of drug-likeness (QED) is 0.836. The summed E-state index contributed by atoms with van der Waals surface area (Å²) in [5, 5.41) is 10.2. The molecular weight excluding hydrogens is 244 g/mol. The number of hydrogen-bond donors (Lipinski definition) is 1. The van der Waals surface area contributed by atoms with Gasteiger partial charge in [-0.05, 0) is 30.2 Å². The molecule has 1 aromatic rings. The van der Waals surface area contributed by atoms with Gasteiger partial charge in [-0.25, -0.2) is 0 Å². The van der Waals surface area contributed by atoms with E-state index in [9.17, 15) is 9.90 Å². The van der Waals surface area contributed by atoms with Crippen molar-refractivity contribution in [3.05, 3.63) is 29.3 Å². The number of ketones is 1. The highest BCUT2D eigenvalue weighted by atomic mass is 16.5. The summed E-state index contributed by atoms with van der Waals surface area (Å²) < 4.78 is 11.0. The van der Waals surface area contributed by atoms with Gasteiger partial charge in [0.1, 0.15) is 11.5 Å². The Kier molecular flexibility index (Phi) is 2.82. The molecule has 0 bridgehead atoms. The number of aliphatic hydroxyl groups is 1. The van der Waals surface area contributed by atoms with E-state index < -0.39 is 12.2 Å². The number of hydrogen-bond acceptors (Lipinski definition) is 4. The van der Waals surface area contributed by atoms with Crippen molar-refractivity contribution in [3.63, 3.8) is 0 Å². The van der Waals surface area contributed by atoms with E-state index in [1.807, 2.05) is 19.1 Å². The fraction of sp³-hybridized carbons (Fsp3) is 0.400. The molecule has 3 rings (SSSR count).